The number of carbonyl (C=O) groups is 1. The van der Waals surface area contributed by atoms with E-state index >= 15 is 0 Å². The van der Waals surface area contributed by atoms with Gasteiger partial charge in [-0.05, 0) is 58.1 Å². The van der Waals surface area contributed by atoms with E-state index < -0.39 is 0 Å². The zero-order valence-corrected chi connectivity index (χ0v) is 18.0. The first-order valence-corrected chi connectivity index (χ1v) is 11.2. The number of hydrogen-bond donors (Lipinski definition) is 0. The van der Waals surface area contributed by atoms with Crippen molar-refractivity contribution in [2.24, 2.45) is 0 Å². The van der Waals surface area contributed by atoms with Crippen LogP contribution in [0.25, 0.3) is 11.0 Å². The first kappa shape index (κ1) is 20.2. The molecule has 6 heteroatoms. The molecule has 2 fully saturated rings. The fraction of sp³-hybridized carbons (Fsp3) is 0.652. The summed E-state index contributed by atoms with van der Waals surface area (Å²) < 4.78 is 3.47. The van der Waals surface area contributed by atoms with Crippen molar-refractivity contribution in [3.8, 4) is 0 Å². The highest BCUT2D eigenvalue weighted by Gasteiger charge is 2.36. The van der Waals surface area contributed by atoms with Crippen molar-refractivity contribution in [2.45, 2.75) is 84.1 Å². The quantitative estimate of drug-likeness (QED) is 0.778. The van der Waals surface area contributed by atoms with E-state index in [4.69, 9.17) is 0 Å². The number of para-hydroxylation sites is 2. The van der Waals surface area contributed by atoms with E-state index in [-0.39, 0.29) is 18.1 Å². The Morgan fingerprint density at radius 3 is 2.34 bits per heavy atom. The van der Waals surface area contributed by atoms with E-state index in [9.17, 15) is 9.59 Å². The van der Waals surface area contributed by atoms with Gasteiger partial charge in [-0.3, -0.25) is 18.8 Å². The lowest BCUT2D eigenvalue weighted by Crippen LogP contribution is -2.53. The van der Waals surface area contributed by atoms with Crippen LogP contribution in [-0.2, 0) is 17.9 Å². The Morgan fingerprint density at radius 2 is 1.69 bits per heavy atom. The van der Waals surface area contributed by atoms with Gasteiger partial charge in [-0.2, -0.15) is 0 Å². The molecule has 29 heavy (non-hydrogen) atoms. The van der Waals surface area contributed by atoms with Crippen molar-refractivity contribution in [1.29, 1.82) is 0 Å². The molecule has 0 aliphatic carbocycles. The second-order valence-electron chi connectivity index (χ2n) is 8.87. The summed E-state index contributed by atoms with van der Waals surface area (Å²) in [5.41, 5.74) is 1.70. The number of imidazole rings is 1. The molecular weight excluding hydrogens is 364 g/mol. The van der Waals surface area contributed by atoms with Gasteiger partial charge in [-0.1, -0.05) is 19.1 Å². The SMILES string of the molecule is CCCn1c(=O)n(CC(=O)N2CCCC(N3C(C)CCC3C)C2)c2ccccc21. The topological polar surface area (TPSA) is 50.5 Å². The molecule has 0 radical (unpaired) electrons. The van der Waals surface area contributed by atoms with Gasteiger partial charge >= 0.3 is 5.69 Å². The smallest absolute Gasteiger partial charge is 0.329 e. The Morgan fingerprint density at radius 1 is 1.03 bits per heavy atom. The number of carbonyl (C=O) groups excluding carboxylic acids is 1. The number of likely N-dealkylation sites (tertiary alicyclic amines) is 2. The van der Waals surface area contributed by atoms with Crippen LogP contribution >= 0.6 is 0 Å². The molecule has 0 spiro atoms. The molecule has 2 aromatic rings. The van der Waals surface area contributed by atoms with Gasteiger partial charge in [0.25, 0.3) is 0 Å². The third-order valence-electron chi connectivity index (χ3n) is 6.86. The van der Waals surface area contributed by atoms with Crippen LogP contribution in [0.4, 0.5) is 0 Å². The molecule has 1 amide bonds. The lowest BCUT2D eigenvalue weighted by Gasteiger charge is -2.41. The number of hydrogen-bond acceptors (Lipinski definition) is 3. The van der Waals surface area contributed by atoms with Gasteiger partial charge in [0, 0.05) is 37.8 Å². The van der Waals surface area contributed by atoms with E-state index in [0.29, 0.717) is 24.7 Å². The van der Waals surface area contributed by atoms with Gasteiger partial charge in [0.2, 0.25) is 5.91 Å². The van der Waals surface area contributed by atoms with Crippen molar-refractivity contribution < 1.29 is 4.79 Å². The first-order valence-electron chi connectivity index (χ1n) is 11.2. The van der Waals surface area contributed by atoms with E-state index in [1.54, 1.807) is 9.13 Å². The number of nitrogens with zero attached hydrogens (tertiary/aromatic N) is 4. The highest BCUT2D eigenvalue weighted by molar-refractivity contribution is 5.81. The van der Waals surface area contributed by atoms with E-state index in [1.807, 2.05) is 29.2 Å². The number of piperidine rings is 1. The molecule has 2 aliphatic heterocycles. The maximum Gasteiger partial charge on any atom is 0.329 e. The highest BCUT2D eigenvalue weighted by Crippen LogP contribution is 2.30. The molecule has 3 unspecified atom stereocenters. The number of fused-ring (bicyclic) bond motifs is 1. The molecule has 0 N–H and O–H groups in total. The van der Waals surface area contributed by atoms with E-state index in [0.717, 1.165) is 43.4 Å². The van der Waals surface area contributed by atoms with Crippen molar-refractivity contribution in [3.63, 3.8) is 0 Å². The van der Waals surface area contributed by atoms with Crippen LogP contribution in [0.2, 0.25) is 0 Å². The molecular formula is C23H34N4O2. The second-order valence-corrected chi connectivity index (χ2v) is 8.87. The summed E-state index contributed by atoms with van der Waals surface area (Å²) in [6.07, 6.45) is 5.59. The standard InChI is InChI=1S/C23H34N4O2/c1-4-13-25-20-9-5-6-10-21(20)26(23(25)29)16-22(28)24-14-7-8-19(15-24)27-17(2)11-12-18(27)3/h5-6,9-10,17-19H,4,7-8,11-16H2,1-3H3. The number of aryl methyl sites for hydroxylation is 1. The second kappa shape index (κ2) is 8.34. The van der Waals surface area contributed by atoms with Gasteiger partial charge < -0.3 is 4.90 Å². The lowest BCUT2D eigenvalue weighted by molar-refractivity contribution is -0.134. The minimum atomic E-state index is -0.0725. The third kappa shape index (κ3) is 3.75. The van der Waals surface area contributed by atoms with Crippen LogP contribution in [0.15, 0.2) is 29.1 Å². The fourth-order valence-corrected chi connectivity index (χ4v) is 5.46. The Kier molecular flexibility index (Phi) is 5.81. The van der Waals surface area contributed by atoms with E-state index in [1.165, 1.54) is 12.8 Å². The summed E-state index contributed by atoms with van der Waals surface area (Å²) in [4.78, 5) is 30.8. The summed E-state index contributed by atoms with van der Waals surface area (Å²) in [5, 5.41) is 0. The molecule has 6 nitrogen and oxygen atoms in total. The summed E-state index contributed by atoms with van der Waals surface area (Å²) in [7, 11) is 0. The lowest BCUT2D eigenvalue weighted by atomic mass is 10.0. The number of benzene rings is 1. The summed E-state index contributed by atoms with van der Waals surface area (Å²) in [5.74, 6) is 0.0655. The Balaban J connectivity index is 1.54. The van der Waals surface area contributed by atoms with Crippen LogP contribution in [-0.4, -0.2) is 56.1 Å². The monoisotopic (exact) mass is 398 g/mol. The van der Waals surface area contributed by atoms with Crippen molar-refractivity contribution >= 4 is 16.9 Å². The molecule has 0 bridgehead atoms. The Labute approximate surface area is 173 Å². The van der Waals surface area contributed by atoms with Gasteiger partial charge in [0.1, 0.15) is 6.54 Å². The maximum absolute atomic E-state index is 13.2. The van der Waals surface area contributed by atoms with Crippen LogP contribution in [0.1, 0.15) is 52.9 Å². The molecule has 3 atom stereocenters. The summed E-state index contributed by atoms with van der Waals surface area (Å²) in [6.45, 7) is 9.09. The van der Waals surface area contributed by atoms with Crippen molar-refractivity contribution in [3.05, 3.63) is 34.7 Å². The average Bonchev–Trinajstić information content (AvgIpc) is 3.20. The minimum absolute atomic E-state index is 0.0655. The van der Waals surface area contributed by atoms with Gasteiger partial charge in [0.15, 0.2) is 0 Å². The number of aromatic nitrogens is 2. The minimum Gasteiger partial charge on any atom is -0.340 e. The van der Waals surface area contributed by atoms with Crippen molar-refractivity contribution in [1.82, 2.24) is 18.9 Å². The molecule has 4 rings (SSSR count). The van der Waals surface area contributed by atoms with Gasteiger partial charge in [0.05, 0.1) is 11.0 Å². The predicted octanol–water partition coefficient (Wildman–Crippen LogP) is 3.08. The summed E-state index contributed by atoms with van der Waals surface area (Å²) in [6, 6.07) is 9.45. The third-order valence-corrected chi connectivity index (χ3v) is 6.86. The molecule has 1 aromatic heterocycles. The van der Waals surface area contributed by atoms with Crippen LogP contribution in [0, 0.1) is 0 Å². The molecule has 2 saturated heterocycles. The number of rotatable bonds is 5. The largest absolute Gasteiger partial charge is 0.340 e. The van der Waals surface area contributed by atoms with Crippen LogP contribution in [0.5, 0.6) is 0 Å². The molecule has 3 heterocycles. The molecule has 1 aromatic carbocycles. The molecule has 158 valence electrons. The van der Waals surface area contributed by atoms with Crippen LogP contribution < -0.4 is 5.69 Å². The predicted molar refractivity (Wildman–Crippen MR) is 116 cm³/mol. The van der Waals surface area contributed by atoms with Gasteiger partial charge in [-0.25, -0.2) is 4.79 Å². The number of amides is 1. The van der Waals surface area contributed by atoms with Gasteiger partial charge in [-0.15, -0.1) is 0 Å². The average molecular weight is 399 g/mol. The highest BCUT2D eigenvalue weighted by atomic mass is 16.2. The zero-order chi connectivity index (χ0) is 20.5. The first-order chi connectivity index (χ1) is 14.0. The fourth-order valence-electron chi connectivity index (χ4n) is 5.46. The molecule has 2 aliphatic rings. The Bertz CT molecular complexity index is 921. The zero-order valence-electron chi connectivity index (χ0n) is 18.0. The normalized spacial score (nSPS) is 25.8. The van der Waals surface area contributed by atoms with E-state index in [2.05, 4.69) is 25.7 Å². The summed E-state index contributed by atoms with van der Waals surface area (Å²) >= 11 is 0. The van der Waals surface area contributed by atoms with Crippen molar-refractivity contribution in [2.75, 3.05) is 13.1 Å². The Hall–Kier alpha value is -2.08. The molecule has 0 saturated carbocycles. The van der Waals surface area contributed by atoms with Crippen LogP contribution in [0.3, 0.4) is 0 Å². The maximum atomic E-state index is 13.2.